The molecule has 0 aromatic heterocycles. The maximum atomic E-state index is 11.1. The molecule has 1 saturated heterocycles. The van der Waals surface area contributed by atoms with Gasteiger partial charge in [-0.15, -0.1) is 0 Å². The van der Waals surface area contributed by atoms with Gasteiger partial charge in [0.15, 0.2) is 6.29 Å². The highest BCUT2D eigenvalue weighted by Gasteiger charge is 2.46. The SMILES string of the molecule is O[C@@H]1[C@H](OCc2ccccc2)[C@H](OCc2ccccc2)[C@H](O)O[C@@H]1COCc1ccccc1. The Labute approximate surface area is 194 Å². The lowest BCUT2D eigenvalue weighted by Crippen LogP contribution is -2.60. The van der Waals surface area contributed by atoms with Crippen LogP contribution in [-0.2, 0) is 38.8 Å². The molecule has 6 nitrogen and oxygen atoms in total. The van der Waals surface area contributed by atoms with Crippen LogP contribution in [-0.4, -0.2) is 47.5 Å². The maximum Gasteiger partial charge on any atom is 0.184 e. The van der Waals surface area contributed by atoms with E-state index >= 15 is 0 Å². The number of aliphatic hydroxyl groups excluding tert-OH is 2. The Morgan fingerprint density at radius 2 is 1.06 bits per heavy atom. The van der Waals surface area contributed by atoms with Crippen LogP contribution in [0.15, 0.2) is 91.0 Å². The van der Waals surface area contributed by atoms with Gasteiger partial charge in [-0.1, -0.05) is 91.0 Å². The van der Waals surface area contributed by atoms with Gasteiger partial charge in [0.05, 0.1) is 26.4 Å². The van der Waals surface area contributed by atoms with Crippen molar-refractivity contribution < 1.29 is 29.2 Å². The first-order valence-electron chi connectivity index (χ1n) is 11.1. The highest BCUT2D eigenvalue weighted by Crippen LogP contribution is 2.27. The number of aliphatic hydroxyl groups is 2. The van der Waals surface area contributed by atoms with E-state index in [1.54, 1.807) is 0 Å². The second kappa shape index (κ2) is 12.0. The molecular formula is C27H30O6. The van der Waals surface area contributed by atoms with Crippen LogP contribution in [0.3, 0.4) is 0 Å². The molecular weight excluding hydrogens is 420 g/mol. The fourth-order valence-corrected chi connectivity index (χ4v) is 3.81. The highest BCUT2D eigenvalue weighted by atomic mass is 16.7. The third-order valence-corrected chi connectivity index (χ3v) is 5.60. The summed E-state index contributed by atoms with van der Waals surface area (Å²) in [6.45, 7) is 1.04. The van der Waals surface area contributed by atoms with E-state index in [4.69, 9.17) is 18.9 Å². The van der Waals surface area contributed by atoms with Crippen molar-refractivity contribution in [3.63, 3.8) is 0 Å². The molecule has 1 fully saturated rings. The van der Waals surface area contributed by atoms with E-state index in [2.05, 4.69) is 0 Å². The molecule has 174 valence electrons. The quantitative estimate of drug-likeness (QED) is 0.493. The molecule has 3 aromatic rings. The molecule has 5 atom stereocenters. The van der Waals surface area contributed by atoms with Crippen molar-refractivity contribution in [3.05, 3.63) is 108 Å². The molecule has 3 aromatic carbocycles. The summed E-state index contributed by atoms with van der Waals surface area (Å²) in [5.41, 5.74) is 2.93. The van der Waals surface area contributed by atoms with Gasteiger partial charge in [0.1, 0.15) is 24.4 Å². The van der Waals surface area contributed by atoms with Crippen molar-refractivity contribution in [3.8, 4) is 0 Å². The van der Waals surface area contributed by atoms with Gasteiger partial charge in [-0.2, -0.15) is 0 Å². The van der Waals surface area contributed by atoms with Gasteiger partial charge in [0, 0.05) is 0 Å². The summed E-state index contributed by atoms with van der Waals surface area (Å²) >= 11 is 0. The molecule has 0 unspecified atom stereocenters. The molecule has 0 radical (unpaired) electrons. The van der Waals surface area contributed by atoms with Crippen LogP contribution < -0.4 is 0 Å². The molecule has 0 spiro atoms. The minimum absolute atomic E-state index is 0.115. The number of hydrogen-bond donors (Lipinski definition) is 2. The van der Waals surface area contributed by atoms with Gasteiger partial charge in [-0.25, -0.2) is 0 Å². The lowest BCUT2D eigenvalue weighted by molar-refractivity contribution is -0.309. The van der Waals surface area contributed by atoms with Crippen molar-refractivity contribution in [1.82, 2.24) is 0 Å². The molecule has 4 rings (SSSR count). The predicted molar refractivity (Wildman–Crippen MR) is 123 cm³/mol. The van der Waals surface area contributed by atoms with Crippen LogP contribution in [0.5, 0.6) is 0 Å². The highest BCUT2D eigenvalue weighted by molar-refractivity contribution is 5.15. The van der Waals surface area contributed by atoms with Crippen LogP contribution in [0.1, 0.15) is 16.7 Å². The summed E-state index contributed by atoms with van der Waals surface area (Å²) in [5.74, 6) is 0. The van der Waals surface area contributed by atoms with E-state index in [1.165, 1.54) is 0 Å². The Hall–Kier alpha value is -2.58. The zero-order valence-electron chi connectivity index (χ0n) is 18.4. The topological polar surface area (TPSA) is 77.4 Å². The summed E-state index contributed by atoms with van der Waals surface area (Å²) in [5, 5.41) is 21.8. The Balaban J connectivity index is 1.41. The summed E-state index contributed by atoms with van der Waals surface area (Å²) in [6, 6.07) is 29.1. The Kier molecular flexibility index (Phi) is 8.60. The van der Waals surface area contributed by atoms with Crippen LogP contribution in [0.2, 0.25) is 0 Å². The monoisotopic (exact) mass is 450 g/mol. The van der Waals surface area contributed by atoms with Crippen LogP contribution >= 0.6 is 0 Å². The Morgan fingerprint density at radius 1 is 0.606 bits per heavy atom. The van der Waals surface area contributed by atoms with Gasteiger partial charge in [0.2, 0.25) is 0 Å². The second-order valence-corrected chi connectivity index (χ2v) is 8.08. The first kappa shape index (κ1) is 23.6. The number of hydrogen-bond acceptors (Lipinski definition) is 6. The summed E-state index contributed by atoms with van der Waals surface area (Å²) < 4.78 is 23.5. The Bertz CT molecular complexity index is 937. The first-order chi connectivity index (χ1) is 16.2. The molecule has 0 aliphatic carbocycles. The standard InChI is InChI=1S/C27H30O6/c28-24-23(19-30-16-20-10-4-1-5-11-20)33-27(29)26(32-18-22-14-8-3-9-15-22)25(24)31-17-21-12-6-2-7-13-21/h1-15,23-29H,16-19H2/t23-,24+,25+,26+,27-/m1/s1. The van der Waals surface area contributed by atoms with Crippen molar-refractivity contribution in [2.45, 2.75) is 50.5 Å². The van der Waals surface area contributed by atoms with Crippen LogP contribution in [0.25, 0.3) is 0 Å². The van der Waals surface area contributed by atoms with Crippen molar-refractivity contribution in [2.24, 2.45) is 0 Å². The van der Waals surface area contributed by atoms with Gasteiger partial charge in [0.25, 0.3) is 0 Å². The third kappa shape index (κ3) is 6.71. The number of benzene rings is 3. The summed E-state index contributed by atoms with van der Waals surface area (Å²) in [6.07, 6.45) is -4.68. The number of rotatable bonds is 10. The van der Waals surface area contributed by atoms with E-state index in [-0.39, 0.29) is 19.8 Å². The molecule has 0 amide bonds. The molecule has 1 heterocycles. The van der Waals surface area contributed by atoms with E-state index in [9.17, 15) is 10.2 Å². The fourth-order valence-electron chi connectivity index (χ4n) is 3.81. The smallest absolute Gasteiger partial charge is 0.184 e. The zero-order valence-corrected chi connectivity index (χ0v) is 18.4. The van der Waals surface area contributed by atoms with Gasteiger partial charge < -0.3 is 29.2 Å². The molecule has 0 saturated carbocycles. The molecule has 6 heteroatoms. The zero-order chi connectivity index (χ0) is 22.9. The predicted octanol–water partition coefficient (Wildman–Crippen LogP) is 3.45. The molecule has 1 aliphatic rings. The summed E-state index contributed by atoms with van der Waals surface area (Å²) in [4.78, 5) is 0. The van der Waals surface area contributed by atoms with Gasteiger partial charge in [-0.05, 0) is 16.7 Å². The average Bonchev–Trinajstić information content (AvgIpc) is 2.86. The Morgan fingerprint density at radius 3 is 1.58 bits per heavy atom. The van der Waals surface area contributed by atoms with Crippen molar-refractivity contribution >= 4 is 0 Å². The van der Waals surface area contributed by atoms with Crippen molar-refractivity contribution in [1.29, 1.82) is 0 Å². The third-order valence-electron chi connectivity index (χ3n) is 5.60. The minimum atomic E-state index is -1.26. The number of ether oxygens (including phenoxy) is 4. The lowest BCUT2D eigenvalue weighted by atomic mass is 9.98. The van der Waals surface area contributed by atoms with Crippen LogP contribution in [0, 0.1) is 0 Å². The fraction of sp³-hybridized carbons (Fsp3) is 0.333. The van der Waals surface area contributed by atoms with Crippen molar-refractivity contribution in [2.75, 3.05) is 6.61 Å². The largest absolute Gasteiger partial charge is 0.387 e. The van der Waals surface area contributed by atoms with E-state index in [1.807, 2.05) is 91.0 Å². The van der Waals surface area contributed by atoms with E-state index in [0.29, 0.717) is 6.61 Å². The second-order valence-electron chi connectivity index (χ2n) is 8.08. The van der Waals surface area contributed by atoms with Gasteiger partial charge >= 0.3 is 0 Å². The normalized spacial score (nSPS) is 25.1. The molecule has 2 N–H and O–H groups in total. The van der Waals surface area contributed by atoms with E-state index in [0.717, 1.165) is 16.7 Å². The maximum absolute atomic E-state index is 11.1. The lowest BCUT2D eigenvalue weighted by Gasteiger charge is -2.42. The average molecular weight is 451 g/mol. The molecule has 0 bridgehead atoms. The summed E-state index contributed by atoms with van der Waals surface area (Å²) in [7, 11) is 0. The first-order valence-corrected chi connectivity index (χ1v) is 11.1. The molecule has 1 aliphatic heterocycles. The molecule has 33 heavy (non-hydrogen) atoms. The minimum Gasteiger partial charge on any atom is -0.387 e. The van der Waals surface area contributed by atoms with Crippen LogP contribution in [0.4, 0.5) is 0 Å². The van der Waals surface area contributed by atoms with Gasteiger partial charge in [-0.3, -0.25) is 0 Å². The van der Waals surface area contributed by atoms with E-state index < -0.39 is 30.7 Å².